The van der Waals surface area contributed by atoms with Crippen LogP contribution in [0.5, 0.6) is 0 Å². The summed E-state index contributed by atoms with van der Waals surface area (Å²) in [6.07, 6.45) is 0. The first-order valence-corrected chi connectivity index (χ1v) is 4.87. The molecule has 1 rings (SSSR count). The lowest BCUT2D eigenvalue weighted by Gasteiger charge is -1.88. The van der Waals surface area contributed by atoms with E-state index in [0.29, 0.717) is 0 Å². The maximum Gasteiger partial charge on any atom is 0.253 e. The largest absolute Gasteiger partial charge is 0.289 e. The highest BCUT2D eigenvalue weighted by Crippen LogP contribution is 2.07. The number of thiol groups is 1. The van der Waals surface area contributed by atoms with Crippen molar-refractivity contribution in [2.24, 2.45) is 0 Å². The van der Waals surface area contributed by atoms with Gasteiger partial charge in [0.2, 0.25) is 0 Å². The maximum atomic E-state index is 9.74. The van der Waals surface area contributed by atoms with Gasteiger partial charge in [0.05, 0.1) is 5.75 Å². The van der Waals surface area contributed by atoms with Crippen molar-refractivity contribution in [3.05, 3.63) is 34.9 Å². The maximum absolute atomic E-state index is 9.74. The van der Waals surface area contributed by atoms with E-state index in [4.69, 9.17) is 16.8 Å². The number of aryl methyl sites for hydroxylation is 1. The van der Waals surface area contributed by atoms with Gasteiger partial charge in [-0.1, -0.05) is 29.3 Å². The van der Waals surface area contributed by atoms with E-state index in [1.807, 2.05) is 31.2 Å². The van der Waals surface area contributed by atoms with Crippen molar-refractivity contribution in [2.75, 3.05) is 5.75 Å². The van der Waals surface area contributed by atoms with E-state index in [-0.39, 0.29) is 5.75 Å². The molecule has 1 amide bonds. The Balaban J connectivity index is 0.000000255. The molecule has 0 heterocycles. The van der Waals surface area contributed by atoms with Gasteiger partial charge in [0.15, 0.2) is 0 Å². The van der Waals surface area contributed by atoms with E-state index < -0.39 is 5.91 Å². The van der Waals surface area contributed by atoms with Gasteiger partial charge in [-0.3, -0.25) is 10.0 Å². The fraction of sp³-hybridized carbons (Fsp3) is 0.222. The molecule has 14 heavy (non-hydrogen) atoms. The minimum atomic E-state index is -0.488. The molecule has 0 aliphatic heterocycles. The van der Waals surface area contributed by atoms with Crippen LogP contribution >= 0.6 is 24.2 Å². The molecule has 2 N–H and O–H groups in total. The Bertz CT molecular complexity index is 250. The summed E-state index contributed by atoms with van der Waals surface area (Å²) >= 11 is 9.14. The van der Waals surface area contributed by atoms with Gasteiger partial charge in [-0.2, -0.15) is 12.6 Å². The van der Waals surface area contributed by atoms with Gasteiger partial charge in [-0.05, 0) is 19.1 Å². The first-order chi connectivity index (χ1) is 6.60. The first kappa shape index (κ1) is 13.3. The fourth-order valence-electron chi connectivity index (χ4n) is 0.569. The van der Waals surface area contributed by atoms with Crippen LogP contribution in [0.1, 0.15) is 5.56 Å². The molecule has 0 atom stereocenters. The van der Waals surface area contributed by atoms with E-state index in [1.54, 1.807) is 0 Å². The second-order valence-corrected chi connectivity index (χ2v) is 3.24. The Morgan fingerprint density at radius 1 is 1.50 bits per heavy atom. The number of carbonyl (C=O) groups is 1. The van der Waals surface area contributed by atoms with Crippen molar-refractivity contribution in [3.63, 3.8) is 0 Å². The second kappa shape index (κ2) is 7.67. The number of hydroxylamine groups is 1. The monoisotopic (exact) mass is 233 g/mol. The summed E-state index contributed by atoms with van der Waals surface area (Å²) in [6.45, 7) is 2.04. The smallest absolute Gasteiger partial charge is 0.253 e. The minimum absolute atomic E-state index is 0.0243. The molecule has 0 saturated heterocycles. The SMILES string of the molecule is Cc1ccc(Cl)cc1.O=C(CS)NO. The third-order valence-electron chi connectivity index (χ3n) is 1.28. The first-order valence-electron chi connectivity index (χ1n) is 3.86. The average Bonchev–Trinajstić information content (AvgIpc) is 2.22. The van der Waals surface area contributed by atoms with Crippen molar-refractivity contribution in [2.45, 2.75) is 6.92 Å². The number of hydrogen-bond donors (Lipinski definition) is 3. The molecule has 1 aromatic carbocycles. The van der Waals surface area contributed by atoms with Crippen LogP contribution in [0.15, 0.2) is 24.3 Å². The molecule has 0 fully saturated rings. The lowest BCUT2D eigenvalue weighted by atomic mass is 10.2. The zero-order chi connectivity index (χ0) is 11.0. The number of carbonyl (C=O) groups excluding carboxylic acids is 1. The Labute approximate surface area is 93.5 Å². The van der Waals surface area contributed by atoms with Crippen LogP contribution in [0.25, 0.3) is 0 Å². The molecule has 0 radical (unpaired) electrons. The molecule has 0 aromatic heterocycles. The third kappa shape index (κ3) is 6.77. The zero-order valence-electron chi connectivity index (χ0n) is 7.70. The highest BCUT2D eigenvalue weighted by molar-refractivity contribution is 7.81. The quantitative estimate of drug-likeness (QED) is 0.395. The molecule has 0 spiro atoms. The number of amides is 1. The number of hydrogen-bond acceptors (Lipinski definition) is 3. The molecule has 0 aliphatic carbocycles. The minimum Gasteiger partial charge on any atom is -0.289 e. The molecule has 3 nitrogen and oxygen atoms in total. The molecule has 78 valence electrons. The van der Waals surface area contributed by atoms with E-state index >= 15 is 0 Å². The summed E-state index contributed by atoms with van der Waals surface area (Å²) in [6, 6.07) is 7.75. The molecule has 0 aliphatic rings. The average molecular weight is 234 g/mol. The van der Waals surface area contributed by atoms with Gasteiger partial charge in [-0.25, -0.2) is 5.48 Å². The van der Waals surface area contributed by atoms with Crippen molar-refractivity contribution in [1.29, 1.82) is 0 Å². The van der Waals surface area contributed by atoms with Crippen molar-refractivity contribution >= 4 is 30.1 Å². The number of rotatable bonds is 1. The zero-order valence-corrected chi connectivity index (χ0v) is 9.35. The summed E-state index contributed by atoms with van der Waals surface area (Å²) in [7, 11) is 0. The molecule has 0 bridgehead atoms. The fourth-order valence-corrected chi connectivity index (χ4v) is 0.765. The van der Waals surface area contributed by atoms with Crippen molar-refractivity contribution in [1.82, 2.24) is 5.48 Å². The Morgan fingerprint density at radius 3 is 2.21 bits per heavy atom. The van der Waals surface area contributed by atoms with Crippen LogP contribution in [0.2, 0.25) is 5.02 Å². The highest BCUT2D eigenvalue weighted by Gasteiger charge is 1.87. The number of nitrogens with one attached hydrogen (secondary N) is 1. The van der Waals surface area contributed by atoms with Crippen LogP contribution in [-0.4, -0.2) is 16.9 Å². The summed E-state index contributed by atoms with van der Waals surface area (Å²) < 4.78 is 0. The third-order valence-corrected chi connectivity index (χ3v) is 1.82. The lowest BCUT2D eigenvalue weighted by Crippen LogP contribution is -2.19. The molecular formula is C9H12ClNO2S. The van der Waals surface area contributed by atoms with Gasteiger partial charge >= 0.3 is 0 Å². The van der Waals surface area contributed by atoms with Crippen LogP contribution < -0.4 is 5.48 Å². The summed E-state index contributed by atoms with van der Waals surface area (Å²) in [4.78, 5) is 9.74. The Hall–Kier alpha value is -0.710. The number of benzene rings is 1. The van der Waals surface area contributed by atoms with E-state index in [0.717, 1.165) is 5.02 Å². The highest BCUT2D eigenvalue weighted by atomic mass is 35.5. The molecule has 5 heteroatoms. The van der Waals surface area contributed by atoms with Crippen molar-refractivity contribution in [3.8, 4) is 0 Å². The summed E-state index contributed by atoms with van der Waals surface area (Å²) in [5.41, 5.74) is 2.64. The van der Waals surface area contributed by atoms with Gasteiger partial charge in [0.1, 0.15) is 0 Å². The van der Waals surface area contributed by atoms with E-state index in [2.05, 4.69) is 12.6 Å². The predicted molar refractivity (Wildman–Crippen MR) is 60.0 cm³/mol. The Kier molecular flexibility index (Phi) is 7.28. The van der Waals surface area contributed by atoms with Crippen LogP contribution in [-0.2, 0) is 4.79 Å². The van der Waals surface area contributed by atoms with Crippen LogP contribution in [0.4, 0.5) is 0 Å². The van der Waals surface area contributed by atoms with E-state index in [1.165, 1.54) is 11.0 Å². The predicted octanol–water partition coefficient (Wildman–Crippen LogP) is 2.07. The number of halogens is 1. The topological polar surface area (TPSA) is 49.3 Å². The molecular weight excluding hydrogens is 222 g/mol. The van der Waals surface area contributed by atoms with Gasteiger partial charge in [0, 0.05) is 5.02 Å². The molecule has 0 saturated carbocycles. The second-order valence-electron chi connectivity index (χ2n) is 2.49. The van der Waals surface area contributed by atoms with Crippen LogP contribution in [0, 0.1) is 6.92 Å². The summed E-state index contributed by atoms with van der Waals surface area (Å²) in [5, 5.41) is 8.49. The van der Waals surface area contributed by atoms with Gasteiger partial charge in [0.25, 0.3) is 5.91 Å². The Morgan fingerprint density at radius 2 is 2.00 bits per heavy atom. The lowest BCUT2D eigenvalue weighted by molar-refractivity contribution is -0.126. The van der Waals surface area contributed by atoms with Crippen LogP contribution in [0.3, 0.4) is 0 Å². The van der Waals surface area contributed by atoms with Gasteiger partial charge in [-0.15, -0.1) is 0 Å². The standard InChI is InChI=1S/C7H7Cl.C2H5NO2S/c1-6-2-4-7(8)5-3-6;4-2(1-6)3-5/h2-5H,1H3;5-6H,1H2,(H,3,4). The van der Waals surface area contributed by atoms with Gasteiger partial charge < -0.3 is 0 Å². The van der Waals surface area contributed by atoms with Crippen molar-refractivity contribution < 1.29 is 10.0 Å². The van der Waals surface area contributed by atoms with E-state index in [9.17, 15) is 4.79 Å². The normalized spacial score (nSPS) is 8.57. The molecule has 0 unspecified atom stereocenters. The summed E-state index contributed by atoms with van der Waals surface area (Å²) in [5.74, 6) is -0.463. The molecule has 1 aromatic rings.